The lowest BCUT2D eigenvalue weighted by molar-refractivity contribution is -0.126. The highest BCUT2D eigenvalue weighted by atomic mass is 32.2. The molecule has 1 atom stereocenters. The number of carbonyl (C=O) groups excluding carboxylic acids is 1. The van der Waals surface area contributed by atoms with E-state index in [-0.39, 0.29) is 11.7 Å². The predicted octanol–water partition coefficient (Wildman–Crippen LogP) is -1.08. The molecule has 1 rings (SSSR count). The summed E-state index contributed by atoms with van der Waals surface area (Å²) in [6, 6.07) is 0. The van der Waals surface area contributed by atoms with Crippen LogP contribution < -0.4 is 15.8 Å². The molecule has 0 aromatic rings. The standard InChI is InChI=1S/C9H19N3O3S/c1-9(4-2-6-12-9)8(13)11-5-3-7-16(10,14)15/h12H,2-7H2,1H3,(H,11,13)(H2,10,14,15). The van der Waals surface area contributed by atoms with Gasteiger partial charge < -0.3 is 10.6 Å². The molecule has 0 saturated carbocycles. The number of hydrogen-bond acceptors (Lipinski definition) is 4. The molecular formula is C9H19N3O3S. The molecule has 7 heteroatoms. The molecule has 0 spiro atoms. The van der Waals surface area contributed by atoms with Crippen molar-refractivity contribution >= 4 is 15.9 Å². The summed E-state index contributed by atoms with van der Waals surface area (Å²) in [6.45, 7) is 3.04. The SMILES string of the molecule is CC1(C(=O)NCCCS(N)(=O)=O)CCCN1. The normalized spacial score (nSPS) is 25.6. The van der Waals surface area contributed by atoms with Crippen LogP contribution in [0.3, 0.4) is 0 Å². The van der Waals surface area contributed by atoms with Crippen molar-refractivity contribution in [3.63, 3.8) is 0 Å². The maximum atomic E-state index is 11.7. The van der Waals surface area contributed by atoms with E-state index in [1.54, 1.807) is 0 Å². The number of carbonyl (C=O) groups is 1. The molecule has 16 heavy (non-hydrogen) atoms. The summed E-state index contributed by atoms with van der Waals surface area (Å²) < 4.78 is 21.3. The third kappa shape index (κ3) is 4.07. The molecule has 0 aliphatic carbocycles. The zero-order valence-corrected chi connectivity index (χ0v) is 10.3. The van der Waals surface area contributed by atoms with Gasteiger partial charge >= 0.3 is 0 Å². The molecular weight excluding hydrogens is 230 g/mol. The van der Waals surface area contributed by atoms with Gasteiger partial charge in [0.15, 0.2) is 0 Å². The maximum Gasteiger partial charge on any atom is 0.240 e. The van der Waals surface area contributed by atoms with Crippen LogP contribution in [0.1, 0.15) is 26.2 Å². The van der Waals surface area contributed by atoms with E-state index >= 15 is 0 Å². The van der Waals surface area contributed by atoms with Crippen LogP contribution in [0, 0.1) is 0 Å². The molecule has 0 radical (unpaired) electrons. The summed E-state index contributed by atoms with van der Waals surface area (Å²) in [5.41, 5.74) is -0.498. The van der Waals surface area contributed by atoms with Crippen LogP contribution in [0.2, 0.25) is 0 Å². The zero-order chi connectivity index (χ0) is 12.2. The highest BCUT2D eigenvalue weighted by Crippen LogP contribution is 2.18. The second-order valence-corrected chi connectivity index (χ2v) is 6.07. The van der Waals surface area contributed by atoms with Crippen LogP contribution in [0.15, 0.2) is 0 Å². The summed E-state index contributed by atoms with van der Waals surface area (Å²) in [5, 5.41) is 10.7. The van der Waals surface area contributed by atoms with Crippen molar-refractivity contribution in [3.05, 3.63) is 0 Å². The van der Waals surface area contributed by atoms with E-state index in [0.717, 1.165) is 19.4 Å². The lowest BCUT2D eigenvalue weighted by atomic mass is 9.99. The van der Waals surface area contributed by atoms with E-state index in [4.69, 9.17) is 5.14 Å². The van der Waals surface area contributed by atoms with Gasteiger partial charge in [-0.15, -0.1) is 0 Å². The Bertz CT molecular complexity index is 347. The van der Waals surface area contributed by atoms with Crippen LogP contribution in [0.25, 0.3) is 0 Å². The van der Waals surface area contributed by atoms with Gasteiger partial charge in [-0.2, -0.15) is 0 Å². The quantitative estimate of drug-likeness (QED) is 0.540. The Labute approximate surface area is 96.0 Å². The van der Waals surface area contributed by atoms with Crippen molar-refractivity contribution in [3.8, 4) is 0 Å². The number of primary sulfonamides is 1. The number of amides is 1. The largest absolute Gasteiger partial charge is 0.354 e. The van der Waals surface area contributed by atoms with Gasteiger partial charge in [-0.25, -0.2) is 13.6 Å². The van der Waals surface area contributed by atoms with Gasteiger partial charge in [-0.1, -0.05) is 0 Å². The first kappa shape index (κ1) is 13.4. The minimum Gasteiger partial charge on any atom is -0.354 e. The van der Waals surface area contributed by atoms with Gasteiger partial charge in [0.05, 0.1) is 11.3 Å². The van der Waals surface area contributed by atoms with Crippen molar-refractivity contribution in [2.75, 3.05) is 18.8 Å². The summed E-state index contributed by atoms with van der Waals surface area (Å²) in [5.74, 6) is -0.170. The topological polar surface area (TPSA) is 101 Å². The fourth-order valence-electron chi connectivity index (χ4n) is 1.76. The second-order valence-electron chi connectivity index (χ2n) is 4.34. The minimum absolute atomic E-state index is 0.0700. The van der Waals surface area contributed by atoms with Crippen LogP contribution in [-0.4, -0.2) is 38.7 Å². The second kappa shape index (κ2) is 5.11. The summed E-state index contributed by atoms with van der Waals surface area (Å²) >= 11 is 0. The molecule has 1 aliphatic rings. The Morgan fingerprint density at radius 3 is 2.75 bits per heavy atom. The summed E-state index contributed by atoms with van der Waals surface area (Å²) in [6.07, 6.45) is 2.15. The molecule has 0 aromatic carbocycles. The van der Waals surface area contributed by atoms with Crippen LogP contribution in [0.4, 0.5) is 0 Å². The van der Waals surface area contributed by atoms with E-state index in [9.17, 15) is 13.2 Å². The monoisotopic (exact) mass is 249 g/mol. The Hall–Kier alpha value is -0.660. The highest BCUT2D eigenvalue weighted by molar-refractivity contribution is 7.89. The Kier molecular flexibility index (Phi) is 4.28. The van der Waals surface area contributed by atoms with Gasteiger partial charge in [-0.05, 0) is 32.7 Å². The average molecular weight is 249 g/mol. The fraction of sp³-hybridized carbons (Fsp3) is 0.889. The number of sulfonamides is 1. The third-order valence-electron chi connectivity index (χ3n) is 2.76. The lowest BCUT2D eigenvalue weighted by Crippen LogP contribution is -2.51. The number of nitrogens with one attached hydrogen (secondary N) is 2. The van der Waals surface area contributed by atoms with Crippen LogP contribution in [0.5, 0.6) is 0 Å². The maximum absolute atomic E-state index is 11.7. The number of hydrogen-bond donors (Lipinski definition) is 3. The average Bonchev–Trinajstić information content (AvgIpc) is 2.59. The van der Waals surface area contributed by atoms with Crippen molar-refractivity contribution in [1.29, 1.82) is 0 Å². The van der Waals surface area contributed by atoms with Gasteiger partial charge in [0, 0.05) is 6.54 Å². The van der Waals surface area contributed by atoms with E-state index in [2.05, 4.69) is 10.6 Å². The van der Waals surface area contributed by atoms with E-state index < -0.39 is 15.6 Å². The molecule has 6 nitrogen and oxygen atoms in total. The Morgan fingerprint density at radius 2 is 2.25 bits per heavy atom. The molecule has 94 valence electrons. The molecule has 1 fully saturated rings. The molecule has 1 saturated heterocycles. The summed E-state index contributed by atoms with van der Waals surface area (Å²) in [4.78, 5) is 11.7. The van der Waals surface area contributed by atoms with Crippen molar-refractivity contribution < 1.29 is 13.2 Å². The van der Waals surface area contributed by atoms with Crippen molar-refractivity contribution in [2.45, 2.75) is 31.7 Å². The van der Waals surface area contributed by atoms with Crippen molar-refractivity contribution in [2.24, 2.45) is 5.14 Å². The first-order valence-electron chi connectivity index (χ1n) is 5.37. The van der Waals surface area contributed by atoms with Crippen LogP contribution >= 0.6 is 0 Å². The predicted molar refractivity (Wildman–Crippen MR) is 61.2 cm³/mol. The molecule has 1 heterocycles. The molecule has 1 unspecified atom stereocenters. The smallest absolute Gasteiger partial charge is 0.240 e. The van der Waals surface area contributed by atoms with Crippen LogP contribution in [-0.2, 0) is 14.8 Å². The molecule has 0 bridgehead atoms. The summed E-state index contributed by atoms with van der Waals surface area (Å²) in [7, 11) is -3.42. The number of nitrogens with two attached hydrogens (primary N) is 1. The first-order valence-corrected chi connectivity index (χ1v) is 7.09. The number of rotatable bonds is 5. The van der Waals surface area contributed by atoms with E-state index in [1.165, 1.54) is 0 Å². The van der Waals surface area contributed by atoms with Crippen molar-refractivity contribution in [1.82, 2.24) is 10.6 Å². The first-order chi connectivity index (χ1) is 7.33. The Morgan fingerprint density at radius 1 is 1.56 bits per heavy atom. The minimum atomic E-state index is -3.42. The molecule has 0 aromatic heterocycles. The van der Waals surface area contributed by atoms with Gasteiger partial charge in [0.25, 0.3) is 0 Å². The zero-order valence-electron chi connectivity index (χ0n) is 9.45. The molecule has 1 amide bonds. The van der Waals surface area contributed by atoms with E-state index in [1.807, 2.05) is 6.92 Å². The fourth-order valence-corrected chi connectivity index (χ4v) is 2.31. The molecule has 1 aliphatic heterocycles. The van der Waals surface area contributed by atoms with Gasteiger partial charge in [0.1, 0.15) is 0 Å². The molecule has 4 N–H and O–H groups in total. The third-order valence-corrected chi connectivity index (χ3v) is 3.62. The van der Waals surface area contributed by atoms with Gasteiger partial charge in [-0.3, -0.25) is 4.79 Å². The van der Waals surface area contributed by atoms with E-state index in [0.29, 0.717) is 13.0 Å². The van der Waals surface area contributed by atoms with Gasteiger partial charge in [0.2, 0.25) is 15.9 Å². The Balaban J connectivity index is 2.25. The highest BCUT2D eigenvalue weighted by Gasteiger charge is 2.35. The lowest BCUT2D eigenvalue weighted by Gasteiger charge is -2.22.